The van der Waals surface area contributed by atoms with Crippen molar-refractivity contribution in [2.75, 3.05) is 33.9 Å². The summed E-state index contributed by atoms with van der Waals surface area (Å²) in [7, 11) is 2.61. The Bertz CT molecular complexity index is 789. The molecule has 1 rings (SSSR count). The van der Waals surface area contributed by atoms with Gasteiger partial charge in [0.05, 0.1) is 6.54 Å². The number of hydrogen-bond acceptors (Lipinski definition) is 11. The highest BCUT2D eigenvalue weighted by Gasteiger charge is 2.32. The number of primary amides is 2. The Labute approximate surface area is 200 Å². The van der Waals surface area contributed by atoms with Crippen LogP contribution < -0.4 is 27.4 Å². The molecule has 0 bridgehead atoms. The maximum atomic E-state index is 11.3. The van der Waals surface area contributed by atoms with Gasteiger partial charge in [-0.2, -0.15) is 0 Å². The average molecular weight is 505 g/mol. The highest BCUT2D eigenvalue weighted by molar-refractivity contribution is 5.94. The van der Waals surface area contributed by atoms with E-state index in [0.717, 1.165) is 18.4 Å². The van der Waals surface area contributed by atoms with Crippen molar-refractivity contribution in [3.05, 3.63) is 24.1 Å². The van der Waals surface area contributed by atoms with Crippen LogP contribution >= 0.6 is 0 Å². The maximum absolute atomic E-state index is 11.3. The lowest BCUT2D eigenvalue weighted by molar-refractivity contribution is -0.142. The first kappa shape index (κ1) is 31.4. The van der Waals surface area contributed by atoms with Crippen LogP contribution in [0.1, 0.15) is 0 Å². The van der Waals surface area contributed by atoms with Gasteiger partial charge in [-0.15, -0.1) is 0 Å². The summed E-state index contributed by atoms with van der Waals surface area (Å²) in [4.78, 5) is 53.9. The molecule has 5 unspecified atom stereocenters. The molecule has 198 valence electrons. The fourth-order valence-electron chi connectivity index (χ4n) is 2.39. The van der Waals surface area contributed by atoms with Gasteiger partial charge in [-0.25, -0.2) is 0 Å². The number of aliphatic hydroxyl groups excluding tert-OH is 3. The van der Waals surface area contributed by atoms with Crippen LogP contribution in [0.4, 0.5) is 0 Å². The summed E-state index contributed by atoms with van der Waals surface area (Å²) < 4.78 is 14.8. The Morgan fingerprint density at radius 2 is 1.86 bits per heavy atom. The summed E-state index contributed by atoms with van der Waals surface area (Å²) in [6, 6.07) is 0. The number of aliphatic hydroxyl groups is 3. The fraction of sp³-hybridized carbons (Fsp3) is 0.526. The van der Waals surface area contributed by atoms with E-state index in [9.17, 15) is 34.2 Å². The molecule has 35 heavy (non-hydrogen) atoms. The van der Waals surface area contributed by atoms with E-state index in [1.165, 1.54) is 14.2 Å². The van der Waals surface area contributed by atoms with Crippen molar-refractivity contribution in [3.63, 3.8) is 0 Å². The lowest BCUT2D eigenvalue weighted by Crippen LogP contribution is -2.51. The summed E-state index contributed by atoms with van der Waals surface area (Å²) in [5, 5.41) is 34.6. The third kappa shape index (κ3) is 12.5. The molecule has 0 aliphatic carbocycles. The van der Waals surface area contributed by atoms with Crippen LogP contribution in [0.3, 0.4) is 0 Å². The highest BCUT2D eigenvalue weighted by atomic mass is 16.5. The molecular formula is C19H31N5O11. The van der Waals surface area contributed by atoms with E-state index < -0.39 is 54.1 Å². The molecule has 16 heteroatoms. The van der Waals surface area contributed by atoms with Crippen LogP contribution in [-0.2, 0) is 38.2 Å². The summed E-state index contributed by atoms with van der Waals surface area (Å²) in [5.41, 5.74) is 9.79. The number of nitrogens with two attached hydrogens (primary N) is 2. The van der Waals surface area contributed by atoms with Gasteiger partial charge in [-0.05, 0) is 6.08 Å². The van der Waals surface area contributed by atoms with Crippen molar-refractivity contribution in [1.82, 2.24) is 16.0 Å². The molecule has 0 radical (unpaired) electrons. The first-order valence-corrected chi connectivity index (χ1v) is 9.92. The van der Waals surface area contributed by atoms with Gasteiger partial charge in [0.2, 0.25) is 24.1 Å². The van der Waals surface area contributed by atoms with Gasteiger partial charge in [-0.1, -0.05) is 0 Å². The van der Waals surface area contributed by atoms with Gasteiger partial charge in [0.15, 0.2) is 11.9 Å². The predicted octanol–water partition coefficient (Wildman–Crippen LogP) is -5.54. The number of nitrogens with one attached hydrogen (secondary N) is 3. The molecular weight excluding hydrogens is 474 g/mol. The van der Waals surface area contributed by atoms with Crippen LogP contribution in [-0.4, -0.2) is 110 Å². The topological polar surface area (TPSA) is 262 Å². The number of rotatable bonds is 13. The van der Waals surface area contributed by atoms with E-state index in [1.807, 2.05) is 0 Å². The first-order chi connectivity index (χ1) is 16.5. The normalized spacial score (nSPS) is 19.5. The molecule has 16 nitrogen and oxygen atoms in total. The van der Waals surface area contributed by atoms with Gasteiger partial charge < -0.3 is 56.9 Å². The fourth-order valence-corrected chi connectivity index (χ4v) is 2.39. The minimum Gasteiger partial charge on any atom is -0.485 e. The standard InChI is InChI=1S/C11H19N3O6.C8H12N2O5/c1-19-7(10(20-2)9(17)11(12)18)5-14-8(16)3-4-13-6-15;9-7(13)2-10-8(14)6-1-4(11)5(12)3-15-6/h3-4,6-7,9-10,17H,5H2,1-2H3,(H2,12,18)(H,13,15)(H,14,16);1,4-5,11-12H,2-3H2,(H2,9,13)(H,10,14)/b4-3-;. The Hall–Kier alpha value is -3.57. The Morgan fingerprint density at radius 3 is 2.34 bits per heavy atom. The number of carbonyl (C=O) groups is 5. The second-order valence-electron chi connectivity index (χ2n) is 6.73. The molecule has 5 atom stereocenters. The highest BCUT2D eigenvalue weighted by Crippen LogP contribution is 2.11. The Kier molecular flexibility index (Phi) is 15.2. The minimum absolute atomic E-state index is 0.0242. The molecule has 0 aromatic heterocycles. The second kappa shape index (κ2) is 17.0. The van der Waals surface area contributed by atoms with E-state index >= 15 is 0 Å². The largest absolute Gasteiger partial charge is 0.485 e. The van der Waals surface area contributed by atoms with Crippen molar-refractivity contribution in [2.24, 2.45) is 11.5 Å². The third-order valence-corrected chi connectivity index (χ3v) is 4.19. The van der Waals surface area contributed by atoms with Gasteiger partial charge in [0.1, 0.15) is 31.0 Å². The van der Waals surface area contributed by atoms with Crippen molar-refractivity contribution in [3.8, 4) is 0 Å². The second-order valence-corrected chi connectivity index (χ2v) is 6.73. The summed E-state index contributed by atoms with van der Waals surface area (Å²) in [6.45, 7) is -0.501. The van der Waals surface area contributed by atoms with Crippen molar-refractivity contribution in [1.29, 1.82) is 0 Å². The quantitative estimate of drug-likeness (QED) is 0.0864. The summed E-state index contributed by atoms with van der Waals surface area (Å²) >= 11 is 0. The third-order valence-electron chi connectivity index (χ3n) is 4.19. The van der Waals surface area contributed by atoms with Crippen LogP contribution in [0.25, 0.3) is 0 Å². The minimum atomic E-state index is -1.56. The van der Waals surface area contributed by atoms with E-state index in [2.05, 4.69) is 16.0 Å². The lowest BCUT2D eigenvalue weighted by atomic mass is 10.1. The molecule has 0 saturated carbocycles. The van der Waals surface area contributed by atoms with Crippen LogP contribution in [0.5, 0.6) is 0 Å². The lowest BCUT2D eigenvalue weighted by Gasteiger charge is -2.27. The Balaban J connectivity index is 0.000000686. The van der Waals surface area contributed by atoms with E-state index in [-0.39, 0.29) is 25.5 Å². The maximum Gasteiger partial charge on any atom is 0.286 e. The number of methoxy groups -OCH3 is 2. The van der Waals surface area contributed by atoms with Gasteiger partial charge in [0.25, 0.3) is 5.91 Å². The molecule has 0 aromatic rings. The van der Waals surface area contributed by atoms with Crippen LogP contribution in [0.15, 0.2) is 24.1 Å². The smallest absolute Gasteiger partial charge is 0.286 e. The molecule has 1 aliphatic rings. The monoisotopic (exact) mass is 505 g/mol. The van der Waals surface area contributed by atoms with E-state index in [0.29, 0.717) is 6.41 Å². The molecule has 0 aromatic carbocycles. The summed E-state index contributed by atoms with van der Waals surface area (Å²) in [6.07, 6.45) is -1.83. The summed E-state index contributed by atoms with van der Waals surface area (Å²) in [5.74, 6) is -2.92. The van der Waals surface area contributed by atoms with Gasteiger partial charge >= 0.3 is 0 Å². The van der Waals surface area contributed by atoms with Crippen LogP contribution in [0, 0.1) is 0 Å². The van der Waals surface area contributed by atoms with Gasteiger partial charge in [-0.3, -0.25) is 24.0 Å². The van der Waals surface area contributed by atoms with Crippen molar-refractivity contribution >= 4 is 30.0 Å². The molecule has 1 aliphatic heterocycles. The molecule has 0 spiro atoms. The number of ether oxygens (including phenoxy) is 3. The number of hydrogen-bond donors (Lipinski definition) is 8. The SMILES string of the molecule is COC(CNC(=O)/C=C\NC=O)C(OC)C(O)C(N)=O.NC(=O)CNC(=O)C1=CC(O)C(O)CO1. The zero-order valence-electron chi connectivity index (χ0n) is 19.1. The van der Waals surface area contributed by atoms with Crippen molar-refractivity contribution < 1.29 is 53.5 Å². The average Bonchev–Trinajstić information content (AvgIpc) is 2.82. The molecule has 0 saturated heterocycles. The van der Waals surface area contributed by atoms with E-state index in [1.54, 1.807) is 0 Å². The number of amides is 5. The van der Waals surface area contributed by atoms with Gasteiger partial charge in [0, 0.05) is 33.0 Å². The first-order valence-electron chi connectivity index (χ1n) is 9.92. The zero-order chi connectivity index (χ0) is 27.0. The zero-order valence-corrected chi connectivity index (χ0v) is 19.1. The van der Waals surface area contributed by atoms with Crippen LogP contribution in [0.2, 0.25) is 0 Å². The Morgan fingerprint density at radius 1 is 1.20 bits per heavy atom. The molecule has 5 amide bonds. The molecule has 10 N–H and O–H groups in total. The van der Waals surface area contributed by atoms with Crippen molar-refractivity contribution in [2.45, 2.75) is 30.5 Å². The predicted molar refractivity (Wildman–Crippen MR) is 116 cm³/mol. The number of carbonyl (C=O) groups excluding carboxylic acids is 5. The molecule has 1 heterocycles. The molecule has 0 fully saturated rings. The van der Waals surface area contributed by atoms with E-state index in [4.69, 9.17) is 30.8 Å².